The lowest BCUT2D eigenvalue weighted by molar-refractivity contribution is 0.0931. The van der Waals surface area contributed by atoms with Crippen LogP contribution in [0.1, 0.15) is 42.5 Å². The number of pyridine rings is 2. The minimum atomic E-state index is -0.331. The molecule has 0 aliphatic carbocycles. The smallest absolute Gasteiger partial charge is 0.252 e. The molecule has 0 unspecified atom stereocenters. The minimum absolute atomic E-state index is 0.305. The molecule has 1 aromatic carbocycles. The highest BCUT2D eigenvalue weighted by Gasteiger charge is 2.23. The van der Waals surface area contributed by atoms with Gasteiger partial charge in [-0.2, -0.15) is 0 Å². The van der Waals surface area contributed by atoms with Gasteiger partial charge in [0.05, 0.1) is 11.6 Å². The Balaban J connectivity index is 1.74. The molecule has 0 fully saturated rings. The summed E-state index contributed by atoms with van der Waals surface area (Å²) < 4.78 is 1.88. The summed E-state index contributed by atoms with van der Waals surface area (Å²) in [4.78, 5) is 27.9. The van der Waals surface area contributed by atoms with Crippen molar-refractivity contribution in [3.05, 3.63) is 76.5 Å². The number of para-hydroxylation sites is 1. The van der Waals surface area contributed by atoms with Crippen LogP contribution >= 0.6 is 0 Å². The van der Waals surface area contributed by atoms with Crippen molar-refractivity contribution in [2.45, 2.75) is 26.3 Å². The van der Waals surface area contributed by atoms with E-state index in [0.717, 1.165) is 5.65 Å². The number of nitrogens with one attached hydrogen (secondary N) is 2. The molecule has 0 saturated carbocycles. The molecule has 0 saturated heterocycles. The summed E-state index contributed by atoms with van der Waals surface area (Å²) in [5.41, 5.74) is 1.40. The zero-order chi connectivity index (χ0) is 19.7. The zero-order valence-electron chi connectivity index (χ0n) is 15.7. The highest BCUT2D eigenvalue weighted by atomic mass is 16.2. The molecule has 3 aromatic heterocycles. The Morgan fingerprint density at radius 1 is 1.14 bits per heavy atom. The highest BCUT2D eigenvalue weighted by Crippen LogP contribution is 2.22. The summed E-state index contributed by atoms with van der Waals surface area (Å²) in [5.74, 6) is 0.699. The Morgan fingerprint density at radius 2 is 1.93 bits per heavy atom. The number of aromatic amines is 1. The zero-order valence-corrected chi connectivity index (χ0v) is 15.7. The molecular weight excluding hydrogens is 354 g/mol. The predicted octanol–water partition coefficient (Wildman–Crippen LogP) is 3.09. The first-order chi connectivity index (χ1) is 13.5. The van der Waals surface area contributed by atoms with E-state index in [1.54, 1.807) is 6.07 Å². The number of amides is 1. The molecule has 0 aliphatic heterocycles. The van der Waals surface area contributed by atoms with E-state index in [0.29, 0.717) is 34.6 Å². The van der Waals surface area contributed by atoms with E-state index in [9.17, 15) is 9.59 Å². The summed E-state index contributed by atoms with van der Waals surface area (Å²) in [6.45, 7) is 4.18. The Hall–Kier alpha value is -3.48. The molecule has 0 spiro atoms. The van der Waals surface area contributed by atoms with E-state index in [4.69, 9.17) is 0 Å². The second-order valence-corrected chi connectivity index (χ2v) is 7.24. The van der Waals surface area contributed by atoms with Crippen LogP contribution in [-0.4, -0.2) is 25.5 Å². The van der Waals surface area contributed by atoms with E-state index >= 15 is 0 Å². The van der Waals surface area contributed by atoms with Crippen LogP contribution in [0.15, 0.2) is 59.5 Å². The van der Waals surface area contributed by atoms with Crippen LogP contribution in [0.4, 0.5) is 0 Å². The van der Waals surface area contributed by atoms with Crippen LogP contribution in [0.3, 0.4) is 0 Å². The number of hydrogen-bond acceptors (Lipinski definition) is 4. The molecule has 1 atom stereocenters. The van der Waals surface area contributed by atoms with Crippen LogP contribution in [0, 0.1) is 5.92 Å². The van der Waals surface area contributed by atoms with Gasteiger partial charge in [0.2, 0.25) is 5.56 Å². The number of rotatable bonds is 5. The molecule has 3 heterocycles. The fourth-order valence-electron chi connectivity index (χ4n) is 3.43. The summed E-state index contributed by atoms with van der Waals surface area (Å²) >= 11 is 0. The maximum atomic E-state index is 13.1. The Labute approximate surface area is 161 Å². The molecule has 4 rings (SSSR count). The second kappa shape index (κ2) is 7.26. The van der Waals surface area contributed by atoms with E-state index in [2.05, 4.69) is 34.3 Å². The number of nitrogens with zero attached hydrogens (tertiary/aromatic N) is 3. The van der Waals surface area contributed by atoms with Gasteiger partial charge in [-0.15, -0.1) is 10.2 Å². The molecule has 28 heavy (non-hydrogen) atoms. The van der Waals surface area contributed by atoms with Gasteiger partial charge >= 0.3 is 0 Å². The Bertz CT molecular complexity index is 1210. The first-order valence-corrected chi connectivity index (χ1v) is 9.25. The summed E-state index contributed by atoms with van der Waals surface area (Å²) in [6.07, 6.45) is 2.58. The summed E-state index contributed by atoms with van der Waals surface area (Å²) in [7, 11) is 0. The summed E-state index contributed by atoms with van der Waals surface area (Å²) in [5, 5.41) is 12.3. The molecule has 2 N–H and O–H groups in total. The Morgan fingerprint density at radius 3 is 2.75 bits per heavy atom. The molecule has 0 aliphatic rings. The van der Waals surface area contributed by atoms with Crippen LogP contribution < -0.4 is 10.9 Å². The maximum absolute atomic E-state index is 13.1. The minimum Gasteiger partial charge on any atom is -0.342 e. The predicted molar refractivity (Wildman–Crippen MR) is 107 cm³/mol. The Kier molecular flexibility index (Phi) is 4.65. The second-order valence-electron chi connectivity index (χ2n) is 7.24. The van der Waals surface area contributed by atoms with Crippen molar-refractivity contribution in [3.63, 3.8) is 0 Å². The number of hydrogen-bond donors (Lipinski definition) is 2. The van der Waals surface area contributed by atoms with Crippen molar-refractivity contribution < 1.29 is 4.79 Å². The van der Waals surface area contributed by atoms with Gasteiger partial charge < -0.3 is 10.3 Å². The van der Waals surface area contributed by atoms with Crippen molar-refractivity contribution in [3.8, 4) is 0 Å². The summed E-state index contributed by atoms with van der Waals surface area (Å²) in [6, 6.07) is 13.9. The van der Waals surface area contributed by atoms with Crippen molar-refractivity contribution in [1.29, 1.82) is 0 Å². The lowest BCUT2D eigenvalue weighted by Gasteiger charge is -2.19. The van der Waals surface area contributed by atoms with Crippen molar-refractivity contribution >= 4 is 22.5 Å². The lowest BCUT2D eigenvalue weighted by Crippen LogP contribution is -2.31. The third kappa shape index (κ3) is 3.38. The molecule has 142 valence electrons. The van der Waals surface area contributed by atoms with Gasteiger partial charge in [0.15, 0.2) is 11.5 Å². The number of benzene rings is 1. The van der Waals surface area contributed by atoms with Crippen molar-refractivity contribution in [2.24, 2.45) is 5.92 Å². The number of fused-ring (bicyclic) bond motifs is 2. The normalized spacial score (nSPS) is 12.5. The molecule has 4 aromatic rings. The van der Waals surface area contributed by atoms with Crippen molar-refractivity contribution in [2.75, 3.05) is 0 Å². The van der Waals surface area contributed by atoms with Gasteiger partial charge in [-0.3, -0.25) is 14.0 Å². The first-order valence-electron chi connectivity index (χ1n) is 9.25. The molecular formula is C21H21N5O2. The topological polar surface area (TPSA) is 92.1 Å². The monoisotopic (exact) mass is 375 g/mol. The molecule has 0 bridgehead atoms. The third-order valence-electron chi connectivity index (χ3n) is 4.66. The van der Waals surface area contributed by atoms with Crippen LogP contribution in [-0.2, 0) is 0 Å². The van der Waals surface area contributed by atoms with Gasteiger partial charge in [-0.25, -0.2) is 0 Å². The third-order valence-corrected chi connectivity index (χ3v) is 4.66. The molecule has 7 heteroatoms. The van der Waals surface area contributed by atoms with Gasteiger partial charge in [0, 0.05) is 23.2 Å². The van der Waals surface area contributed by atoms with Crippen LogP contribution in [0.25, 0.3) is 16.6 Å². The van der Waals surface area contributed by atoms with E-state index in [1.807, 2.05) is 47.0 Å². The van der Waals surface area contributed by atoms with Crippen LogP contribution in [0.5, 0.6) is 0 Å². The van der Waals surface area contributed by atoms with Gasteiger partial charge in [-0.1, -0.05) is 38.1 Å². The number of aromatic nitrogens is 4. The van der Waals surface area contributed by atoms with Gasteiger partial charge in [0.25, 0.3) is 5.91 Å². The van der Waals surface area contributed by atoms with Gasteiger partial charge in [0.1, 0.15) is 0 Å². The standard InChI is InChI=1S/C21H21N5O2/c1-13(2)11-17(20-25-24-18-9-5-6-10-26(18)20)23-21(28)15-12-19(27)22-16-8-4-3-7-14(15)16/h3-10,12-13,17H,11H2,1-2H3,(H,22,27)(H,23,28)/t17-/m1/s1. The lowest BCUT2D eigenvalue weighted by atomic mass is 10.0. The highest BCUT2D eigenvalue weighted by molar-refractivity contribution is 6.06. The fraction of sp³-hybridized carbons (Fsp3) is 0.238. The maximum Gasteiger partial charge on any atom is 0.252 e. The first kappa shape index (κ1) is 17.9. The van der Waals surface area contributed by atoms with Gasteiger partial charge in [-0.05, 0) is 30.5 Å². The number of carbonyl (C=O) groups is 1. The SMILES string of the molecule is CC(C)C[C@@H](NC(=O)c1cc(=O)[nH]c2ccccc12)c1nnc2ccccn12. The molecule has 1 amide bonds. The average molecular weight is 375 g/mol. The average Bonchev–Trinajstić information content (AvgIpc) is 3.10. The van der Waals surface area contributed by atoms with Crippen LogP contribution in [0.2, 0.25) is 0 Å². The molecule has 7 nitrogen and oxygen atoms in total. The fourth-order valence-corrected chi connectivity index (χ4v) is 3.43. The molecule has 0 radical (unpaired) electrons. The van der Waals surface area contributed by atoms with E-state index in [-0.39, 0.29) is 17.5 Å². The number of carbonyl (C=O) groups excluding carboxylic acids is 1. The number of H-pyrrole nitrogens is 1. The van der Waals surface area contributed by atoms with E-state index in [1.165, 1.54) is 6.07 Å². The quantitative estimate of drug-likeness (QED) is 0.561. The van der Waals surface area contributed by atoms with Crippen molar-refractivity contribution in [1.82, 2.24) is 24.9 Å². The van der Waals surface area contributed by atoms with E-state index < -0.39 is 0 Å². The largest absolute Gasteiger partial charge is 0.342 e.